The van der Waals surface area contributed by atoms with E-state index in [-0.39, 0.29) is 36.3 Å². The summed E-state index contributed by atoms with van der Waals surface area (Å²) < 4.78 is 46.3. The van der Waals surface area contributed by atoms with Crippen molar-refractivity contribution in [2.75, 3.05) is 47.4 Å². The molecule has 0 bridgehead atoms. The van der Waals surface area contributed by atoms with E-state index in [1.165, 1.54) is 12.1 Å². The quantitative estimate of drug-likeness (QED) is 0.317. The maximum atomic E-state index is 12.4. The van der Waals surface area contributed by atoms with E-state index >= 15 is 0 Å². The normalized spacial score (nSPS) is 11.9. The van der Waals surface area contributed by atoms with Crippen molar-refractivity contribution < 1.29 is 22.6 Å². The highest BCUT2D eigenvalue weighted by Gasteiger charge is 2.31. The van der Waals surface area contributed by atoms with Gasteiger partial charge in [-0.15, -0.1) is 37.1 Å². The molecule has 0 spiro atoms. The zero-order chi connectivity index (χ0) is 18.7. The molecule has 6 nitrogen and oxygen atoms in total. The number of hydrogen-bond acceptors (Lipinski definition) is 4. The molecule has 0 saturated heterocycles. The van der Waals surface area contributed by atoms with E-state index in [0.717, 1.165) is 13.1 Å². The molecular weight excluding hydrogens is 464 g/mol. The second-order valence-electron chi connectivity index (χ2n) is 5.30. The summed E-state index contributed by atoms with van der Waals surface area (Å²) in [6.45, 7) is 3.04. The molecule has 0 saturated carbocycles. The predicted octanol–water partition coefficient (Wildman–Crippen LogP) is 2.45. The highest BCUT2D eigenvalue weighted by Crippen LogP contribution is 2.25. The lowest BCUT2D eigenvalue weighted by molar-refractivity contribution is -0.274. The van der Waals surface area contributed by atoms with Crippen LogP contribution in [0.1, 0.15) is 5.56 Å². The molecule has 0 fully saturated rings. The number of para-hydroxylation sites is 1. The molecule has 0 amide bonds. The first kappa shape index (κ1) is 24.7. The number of ether oxygens (including phenoxy) is 2. The van der Waals surface area contributed by atoms with Crippen molar-refractivity contribution in [3.05, 3.63) is 29.8 Å². The van der Waals surface area contributed by atoms with Gasteiger partial charge >= 0.3 is 6.36 Å². The van der Waals surface area contributed by atoms with Gasteiger partial charge in [-0.3, -0.25) is 4.99 Å². The van der Waals surface area contributed by atoms with E-state index < -0.39 is 6.36 Å². The minimum Gasteiger partial charge on any atom is -0.405 e. The first-order chi connectivity index (χ1) is 11.9. The first-order valence-electron chi connectivity index (χ1n) is 7.81. The number of halogens is 4. The second-order valence-corrected chi connectivity index (χ2v) is 5.30. The maximum absolute atomic E-state index is 12.4. The Kier molecular flexibility index (Phi) is 12.3. The fourth-order valence-corrected chi connectivity index (χ4v) is 2.00. The third kappa shape index (κ3) is 10.7. The number of nitrogens with zero attached hydrogens (tertiary/aromatic N) is 2. The number of benzene rings is 1. The van der Waals surface area contributed by atoms with Gasteiger partial charge in [0.05, 0.1) is 6.61 Å². The van der Waals surface area contributed by atoms with E-state index in [0.29, 0.717) is 24.7 Å². The number of methoxy groups -OCH3 is 1. The highest BCUT2D eigenvalue weighted by atomic mass is 127. The van der Waals surface area contributed by atoms with Gasteiger partial charge in [-0.05, 0) is 13.1 Å². The zero-order valence-electron chi connectivity index (χ0n) is 15.1. The van der Waals surface area contributed by atoms with Crippen LogP contribution in [0.2, 0.25) is 0 Å². The molecule has 1 aromatic rings. The average molecular weight is 490 g/mol. The van der Waals surface area contributed by atoms with Crippen LogP contribution in [0.5, 0.6) is 5.75 Å². The van der Waals surface area contributed by atoms with Gasteiger partial charge in [0.25, 0.3) is 0 Å². The smallest absolute Gasteiger partial charge is 0.405 e. The molecule has 0 aliphatic carbocycles. The van der Waals surface area contributed by atoms with E-state index in [1.54, 1.807) is 26.3 Å². The highest BCUT2D eigenvalue weighted by molar-refractivity contribution is 14.0. The van der Waals surface area contributed by atoms with Gasteiger partial charge in [-0.2, -0.15) is 0 Å². The minimum atomic E-state index is -4.72. The summed E-state index contributed by atoms with van der Waals surface area (Å²) in [7, 11) is 5.22. The molecule has 0 unspecified atom stereocenters. The van der Waals surface area contributed by atoms with E-state index in [1.807, 2.05) is 7.05 Å². The summed E-state index contributed by atoms with van der Waals surface area (Å²) in [5, 5.41) is 6.09. The Morgan fingerprint density at radius 2 is 1.88 bits per heavy atom. The maximum Gasteiger partial charge on any atom is 0.573 e. The summed E-state index contributed by atoms with van der Waals surface area (Å²) in [6, 6.07) is 6.00. The van der Waals surface area contributed by atoms with Gasteiger partial charge in [-0.1, -0.05) is 18.2 Å². The van der Waals surface area contributed by atoms with E-state index in [9.17, 15) is 13.2 Å². The lowest BCUT2D eigenvalue weighted by atomic mass is 10.2. The van der Waals surface area contributed by atoms with Crippen molar-refractivity contribution in [2.24, 2.45) is 4.99 Å². The lowest BCUT2D eigenvalue weighted by Crippen LogP contribution is -2.41. The number of alkyl halides is 3. The van der Waals surface area contributed by atoms with Crippen LogP contribution < -0.4 is 15.4 Å². The topological polar surface area (TPSA) is 58.1 Å². The van der Waals surface area contributed by atoms with Gasteiger partial charge in [0.1, 0.15) is 5.75 Å². The summed E-state index contributed by atoms with van der Waals surface area (Å²) in [4.78, 5) is 6.15. The Balaban J connectivity index is 0.00000625. The third-order valence-corrected chi connectivity index (χ3v) is 3.33. The van der Waals surface area contributed by atoms with Crippen molar-refractivity contribution in [3.63, 3.8) is 0 Å². The fraction of sp³-hybridized carbons (Fsp3) is 0.562. The first-order valence-corrected chi connectivity index (χ1v) is 7.81. The molecule has 10 heteroatoms. The second kappa shape index (κ2) is 13.0. The number of aliphatic imine (C=N–C) groups is 1. The molecule has 26 heavy (non-hydrogen) atoms. The molecule has 0 heterocycles. The Labute approximate surface area is 169 Å². The third-order valence-electron chi connectivity index (χ3n) is 3.33. The lowest BCUT2D eigenvalue weighted by Gasteiger charge is -2.18. The monoisotopic (exact) mass is 490 g/mol. The standard InChI is InChI=1S/C16H25F3N4O2.HI/c1-20-15(21-8-9-23(2)10-11-24-3)22-12-13-6-4-5-7-14(13)25-16(17,18)19;/h4-7H,8-12H2,1-3H3,(H2,20,21,22);1H. The average Bonchev–Trinajstić information content (AvgIpc) is 2.55. The molecule has 1 rings (SSSR count). The predicted molar refractivity (Wildman–Crippen MR) is 106 cm³/mol. The van der Waals surface area contributed by atoms with E-state index in [4.69, 9.17) is 4.74 Å². The van der Waals surface area contributed by atoms with Crippen LogP contribution in [0.3, 0.4) is 0 Å². The van der Waals surface area contributed by atoms with Crippen molar-refractivity contribution in [3.8, 4) is 5.75 Å². The molecule has 0 aliphatic heterocycles. The Morgan fingerprint density at radius 1 is 1.19 bits per heavy atom. The largest absolute Gasteiger partial charge is 0.573 e. The van der Waals surface area contributed by atoms with Crippen molar-refractivity contribution in [1.82, 2.24) is 15.5 Å². The summed E-state index contributed by atoms with van der Waals surface area (Å²) in [6.07, 6.45) is -4.72. The molecular formula is C16H26F3IN4O2. The molecule has 0 aromatic heterocycles. The van der Waals surface area contributed by atoms with Crippen molar-refractivity contribution in [2.45, 2.75) is 12.9 Å². The molecule has 2 N–H and O–H groups in total. The van der Waals surface area contributed by atoms with Gasteiger partial charge in [-0.25, -0.2) is 0 Å². The summed E-state index contributed by atoms with van der Waals surface area (Å²) >= 11 is 0. The molecule has 150 valence electrons. The number of guanidine groups is 1. The van der Waals surface area contributed by atoms with Crippen molar-refractivity contribution in [1.29, 1.82) is 0 Å². The Hall–Kier alpha value is -1.27. The zero-order valence-corrected chi connectivity index (χ0v) is 17.4. The molecule has 0 radical (unpaired) electrons. The Morgan fingerprint density at radius 3 is 2.50 bits per heavy atom. The van der Waals surface area contributed by atoms with Gasteiger partial charge in [0.2, 0.25) is 0 Å². The minimum absolute atomic E-state index is 0. The SMILES string of the molecule is CN=C(NCCN(C)CCOC)NCc1ccccc1OC(F)(F)F.I. The van der Waals surface area contributed by atoms with Crippen LogP contribution in [-0.2, 0) is 11.3 Å². The van der Waals surface area contributed by atoms with Crippen LogP contribution in [0, 0.1) is 0 Å². The van der Waals surface area contributed by atoms with Crippen LogP contribution >= 0.6 is 24.0 Å². The fourth-order valence-electron chi connectivity index (χ4n) is 2.00. The van der Waals surface area contributed by atoms with Gasteiger partial charge in [0.15, 0.2) is 5.96 Å². The van der Waals surface area contributed by atoms with Crippen LogP contribution in [0.4, 0.5) is 13.2 Å². The van der Waals surface area contributed by atoms with Gasteiger partial charge < -0.3 is 25.0 Å². The van der Waals surface area contributed by atoms with Gasteiger partial charge in [0, 0.05) is 45.9 Å². The van der Waals surface area contributed by atoms with Crippen LogP contribution in [0.25, 0.3) is 0 Å². The number of hydrogen-bond donors (Lipinski definition) is 2. The Bertz CT molecular complexity index is 544. The summed E-state index contributed by atoms with van der Waals surface area (Å²) in [5.41, 5.74) is 0.389. The van der Waals surface area contributed by atoms with E-state index in [2.05, 4.69) is 25.3 Å². The summed E-state index contributed by atoms with van der Waals surface area (Å²) in [5.74, 6) is 0.277. The number of rotatable bonds is 9. The molecule has 1 aromatic carbocycles. The molecule has 0 aliphatic rings. The molecule has 0 atom stereocenters. The van der Waals surface area contributed by atoms with Crippen LogP contribution in [0.15, 0.2) is 29.3 Å². The number of nitrogens with one attached hydrogen (secondary N) is 2. The van der Waals surface area contributed by atoms with Crippen LogP contribution in [-0.4, -0.2) is 64.7 Å². The number of likely N-dealkylation sites (N-methyl/N-ethyl adjacent to an activating group) is 1. The van der Waals surface area contributed by atoms with Crippen molar-refractivity contribution >= 4 is 29.9 Å².